The summed E-state index contributed by atoms with van der Waals surface area (Å²) in [5, 5.41) is 0. The van der Waals surface area contributed by atoms with Crippen LogP contribution in [0.3, 0.4) is 0 Å². The molecule has 2 aromatic carbocycles. The fraction of sp³-hybridized carbons (Fsp3) is 0.316. The van der Waals surface area contributed by atoms with Gasteiger partial charge in [0.1, 0.15) is 0 Å². The van der Waals surface area contributed by atoms with Crippen LogP contribution >= 0.6 is 0 Å². The molecule has 0 fully saturated rings. The monoisotopic (exact) mass is 328 g/mol. The summed E-state index contributed by atoms with van der Waals surface area (Å²) < 4.78 is 11.1. The first kappa shape index (κ1) is 17.6. The van der Waals surface area contributed by atoms with Gasteiger partial charge in [-0.1, -0.05) is 54.6 Å². The maximum atomic E-state index is 12.7. The second kappa shape index (κ2) is 9.40. The van der Waals surface area contributed by atoms with Gasteiger partial charge in [0.15, 0.2) is 5.78 Å². The lowest BCUT2D eigenvalue weighted by atomic mass is 9.96. The van der Waals surface area contributed by atoms with Crippen molar-refractivity contribution in [3.05, 3.63) is 71.3 Å². The largest absolute Gasteiger partial charge is 0.400 e. The molecule has 0 saturated heterocycles. The van der Waals surface area contributed by atoms with E-state index in [9.17, 15) is 4.79 Å². The van der Waals surface area contributed by atoms with Gasteiger partial charge in [-0.2, -0.15) is 0 Å². The summed E-state index contributed by atoms with van der Waals surface area (Å²) in [5.41, 5.74) is 2.63. The normalized spacial score (nSPS) is 12.1. The summed E-state index contributed by atoms with van der Waals surface area (Å²) in [4.78, 5) is 12.7. The second-order valence-electron chi connectivity index (χ2n) is 5.37. The van der Waals surface area contributed by atoms with Gasteiger partial charge >= 0.3 is 9.28 Å². The molecule has 0 saturated carbocycles. The van der Waals surface area contributed by atoms with Crippen LogP contribution in [0, 0.1) is 0 Å². The van der Waals surface area contributed by atoms with Crippen LogP contribution < -0.4 is 0 Å². The summed E-state index contributed by atoms with van der Waals surface area (Å²) in [6.45, 7) is 2.70. The fourth-order valence-electron chi connectivity index (χ4n) is 2.62. The van der Waals surface area contributed by atoms with Crippen LogP contribution in [-0.4, -0.2) is 28.8 Å². The van der Waals surface area contributed by atoms with E-state index in [0.29, 0.717) is 6.61 Å². The lowest BCUT2D eigenvalue weighted by molar-refractivity contribution is 0.103. The van der Waals surface area contributed by atoms with Crippen molar-refractivity contribution in [2.24, 2.45) is 0 Å². The van der Waals surface area contributed by atoms with Crippen LogP contribution in [0.5, 0.6) is 0 Å². The highest BCUT2D eigenvalue weighted by atomic mass is 28.3. The van der Waals surface area contributed by atoms with Crippen LogP contribution in [-0.2, 0) is 15.3 Å². The second-order valence-corrected chi connectivity index (χ2v) is 7.61. The Balaban J connectivity index is 2.05. The molecule has 2 aromatic rings. The molecule has 0 N–H and O–H groups in total. The minimum atomic E-state index is -1.54. The zero-order valence-corrected chi connectivity index (χ0v) is 15.0. The van der Waals surface area contributed by atoms with Gasteiger partial charge in [0.2, 0.25) is 0 Å². The summed E-state index contributed by atoms with van der Waals surface area (Å²) in [6, 6.07) is 18.3. The van der Waals surface area contributed by atoms with Crippen LogP contribution in [0.25, 0.3) is 0 Å². The molecule has 1 unspecified atom stereocenters. The molecule has 0 bridgehead atoms. The third kappa shape index (κ3) is 5.13. The molecular weight excluding hydrogens is 304 g/mol. The topological polar surface area (TPSA) is 35.5 Å². The number of carbonyl (C=O) groups excluding carboxylic acids is 1. The zero-order valence-electron chi connectivity index (χ0n) is 13.8. The zero-order chi connectivity index (χ0) is 16.5. The maximum Gasteiger partial charge on any atom is 0.321 e. The minimum Gasteiger partial charge on any atom is -0.400 e. The number of rotatable bonds is 9. The molecule has 0 spiro atoms. The predicted molar refractivity (Wildman–Crippen MR) is 95.2 cm³/mol. The average Bonchev–Trinajstić information content (AvgIpc) is 2.61. The quantitative estimate of drug-likeness (QED) is 0.519. The number of hydrogen-bond donors (Lipinski definition) is 0. The van der Waals surface area contributed by atoms with Crippen molar-refractivity contribution in [2.75, 3.05) is 13.7 Å². The third-order valence-corrected chi connectivity index (χ3v) is 5.91. The van der Waals surface area contributed by atoms with Crippen molar-refractivity contribution < 1.29 is 13.6 Å². The van der Waals surface area contributed by atoms with Gasteiger partial charge in [0, 0.05) is 24.8 Å². The smallest absolute Gasteiger partial charge is 0.321 e. The van der Waals surface area contributed by atoms with E-state index in [4.69, 9.17) is 8.85 Å². The Kier molecular flexibility index (Phi) is 7.19. The molecule has 0 heterocycles. The first-order valence-corrected chi connectivity index (χ1v) is 9.84. The van der Waals surface area contributed by atoms with Crippen molar-refractivity contribution in [2.45, 2.75) is 25.8 Å². The highest BCUT2D eigenvalue weighted by Gasteiger charge is 2.14. The summed E-state index contributed by atoms with van der Waals surface area (Å²) in [5.74, 6) is 0.0894. The van der Waals surface area contributed by atoms with Gasteiger partial charge in [0.05, 0.1) is 0 Å². The van der Waals surface area contributed by atoms with Gasteiger partial charge in [-0.15, -0.1) is 0 Å². The molecule has 0 aliphatic carbocycles. The Morgan fingerprint density at radius 1 is 1.04 bits per heavy atom. The molecule has 0 aromatic heterocycles. The van der Waals surface area contributed by atoms with Crippen molar-refractivity contribution >= 4 is 15.1 Å². The lowest BCUT2D eigenvalue weighted by Crippen LogP contribution is -2.21. The molecule has 1 atom stereocenters. The Hall–Kier alpha value is -1.75. The van der Waals surface area contributed by atoms with E-state index in [2.05, 4.69) is 0 Å². The van der Waals surface area contributed by atoms with E-state index < -0.39 is 9.28 Å². The third-order valence-electron chi connectivity index (χ3n) is 3.80. The highest BCUT2D eigenvalue weighted by molar-refractivity contribution is 6.44. The molecular formula is C19H24O3Si. The van der Waals surface area contributed by atoms with Gasteiger partial charge in [-0.05, 0) is 31.4 Å². The van der Waals surface area contributed by atoms with Crippen molar-refractivity contribution in [1.82, 2.24) is 0 Å². The van der Waals surface area contributed by atoms with Crippen molar-refractivity contribution in [3.63, 3.8) is 0 Å². The Morgan fingerprint density at radius 3 is 2.43 bits per heavy atom. The van der Waals surface area contributed by atoms with E-state index in [1.807, 2.05) is 61.5 Å². The van der Waals surface area contributed by atoms with Crippen LogP contribution in [0.4, 0.5) is 0 Å². The standard InChI is InChI=1S/C19H24O3Si/c1-3-22-23(21-2)15-9-13-16-10-7-8-14-18(16)19(20)17-11-5-4-6-12-17/h4-8,10-12,14,23H,3,9,13,15H2,1-2H3. The molecule has 23 heavy (non-hydrogen) atoms. The van der Waals surface area contributed by atoms with Gasteiger partial charge in [-0.3, -0.25) is 4.79 Å². The first-order valence-electron chi connectivity index (χ1n) is 8.08. The van der Waals surface area contributed by atoms with Gasteiger partial charge in [-0.25, -0.2) is 0 Å². The molecule has 122 valence electrons. The van der Waals surface area contributed by atoms with Gasteiger partial charge < -0.3 is 8.85 Å². The fourth-order valence-corrected chi connectivity index (χ4v) is 4.07. The Morgan fingerprint density at radius 2 is 1.74 bits per heavy atom. The summed E-state index contributed by atoms with van der Waals surface area (Å²) in [7, 11) is 0.183. The number of hydrogen-bond acceptors (Lipinski definition) is 3. The SMILES string of the molecule is CCO[SiH](CCCc1ccccc1C(=O)c1ccccc1)OC. The molecule has 0 aliphatic rings. The van der Waals surface area contributed by atoms with E-state index >= 15 is 0 Å². The van der Waals surface area contributed by atoms with Crippen LogP contribution in [0.1, 0.15) is 34.8 Å². The van der Waals surface area contributed by atoms with Crippen molar-refractivity contribution in [3.8, 4) is 0 Å². The predicted octanol–water partition coefficient (Wildman–Crippen LogP) is 3.75. The van der Waals surface area contributed by atoms with Gasteiger partial charge in [0.25, 0.3) is 0 Å². The number of carbonyl (C=O) groups is 1. The first-order chi connectivity index (χ1) is 11.3. The number of benzene rings is 2. The lowest BCUT2D eigenvalue weighted by Gasteiger charge is -2.13. The number of aryl methyl sites for hydroxylation is 1. The van der Waals surface area contributed by atoms with E-state index in [-0.39, 0.29) is 5.78 Å². The van der Waals surface area contributed by atoms with E-state index in [0.717, 1.165) is 35.6 Å². The van der Waals surface area contributed by atoms with E-state index in [1.54, 1.807) is 7.11 Å². The minimum absolute atomic E-state index is 0.0894. The van der Waals surface area contributed by atoms with E-state index in [1.165, 1.54) is 0 Å². The molecule has 0 amide bonds. The maximum absolute atomic E-state index is 12.7. The molecule has 0 radical (unpaired) electrons. The van der Waals surface area contributed by atoms with Crippen LogP contribution in [0.15, 0.2) is 54.6 Å². The average molecular weight is 328 g/mol. The molecule has 0 aliphatic heterocycles. The number of ketones is 1. The molecule has 4 heteroatoms. The molecule has 2 rings (SSSR count). The summed E-state index contributed by atoms with van der Waals surface area (Å²) >= 11 is 0. The van der Waals surface area contributed by atoms with Crippen LogP contribution in [0.2, 0.25) is 6.04 Å². The molecule has 3 nitrogen and oxygen atoms in total. The van der Waals surface area contributed by atoms with Crippen molar-refractivity contribution in [1.29, 1.82) is 0 Å². The highest BCUT2D eigenvalue weighted by Crippen LogP contribution is 2.17. The Labute approximate surface area is 140 Å². The summed E-state index contributed by atoms with van der Waals surface area (Å²) in [6.07, 6.45) is 1.85. The Bertz CT molecular complexity index is 613.